The molecule has 0 N–H and O–H groups in total. The molecule has 0 unspecified atom stereocenters. The van der Waals surface area contributed by atoms with E-state index in [1.807, 2.05) is 0 Å². The number of carbonyl (C=O) groups is 2. The summed E-state index contributed by atoms with van der Waals surface area (Å²) in [4.78, 5) is 24.0. The summed E-state index contributed by atoms with van der Waals surface area (Å²) in [6.45, 7) is 4.58. The van der Waals surface area contributed by atoms with Crippen LogP contribution in [0.2, 0.25) is 0 Å². The normalized spacial score (nSPS) is 29.1. The van der Waals surface area contributed by atoms with Crippen LogP contribution in [0.25, 0.3) is 0 Å². The summed E-state index contributed by atoms with van der Waals surface area (Å²) in [6, 6.07) is 0. The van der Waals surface area contributed by atoms with Gasteiger partial charge in [0.1, 0.15) is 0 Å². The first-order valence-electron chi connectivity index (χ1n) is 6.12. The van der Waals surface area contributed by atoms with Crippen molar-refractivity contribution in [3.05, 3.63) is 0 Å². The fourth-order valence-corrected chi connectivity index (χ4v) is 2.76. The second-order valence-electron chi connectivity index (χ2n) is 4.46. The highest BCUT2D eigenvalue weighted by molar-refractivity contribution is 6.02. The van der Waals surface area contributed by atoms with E-state index in [0.29, 0.717) is 18.9 Å². The zero-order valence-electron chi connectivity index (χ0n) is 10.2. The lowest BCUT2D eigenvalue weighted by molar-refractivity contribution is -0.200. The van der Waals surface area contributed by atoms with E-state index in [2.05, 4.69) is 0 Å². The van der Waals surface area contributed by atoms with Gasteiger partial charge in [0.05, 0.1) is 19.3 Å². The zero-order valence-corrected chi connectivity index (χ0v) is 10.2. The van der Waals surface area contributed by atoms with Crippen LogP contribution < -0.4 is 0 Å². The van der Waals surface area contributed by atoms with Crippen LogP contribution in [-0.2, 0) is 23.8 Å². The standard InChI is InChI=1S/C12H18O5/c1-3-15-10(13)12(11(14)16-4-2)7-8-5-6-17-9(8)12/h8-9H,3-7H2,1-2H3/t8-,9-/m1/s1. The maximum Gasteiger partial charge on any atom is 0.326 e. The zero-order chi connectivity index (χ0) is 12.5. The third-order valence-electron chi connectivity index (χ3n) is 3.56. The molecule has 1 saturated heterocycles. The highest BCUT2D eigenvalue weighted by Crippen LogP contribution is 2.54. The SMILES string of the molecule is CCOC(=O)C1(C(=O)OCC)C[C@H]2CCO[C@H]21. The molecule has 96 valence electrons. The Labute approximate surface area is 100 Å². The summed E-state index contributed by atoms with van der Waals surface area (Å²) in [7, 11) is 0. The van der Waals surface area contributed by atoms with Gasteiger partial charge >= 0.3 is 11.9 Å². The van der Waals surface area contributed by atoms with Crippen molar-refractivity contribution in [2.24, 2.45) is 11.3 Å². The van der Waals surface area contributed by atoms with Crippen molar-refractivity contribution in [3.8, 4) is 0 Å². The van der Waals surface area contributed by atoms with E-state index in [1.165, 1.54) is 0 Å². The van der Waals surface area contributed by atoms with Crippen molar-refractivity contribution < 1.29 is 23.8 Å². The van der Waals surface area contributed by atoms with Crippen LogP contribution in [0, 0.1) is 11.3 Å². The van der Waals surface area contributed by atoms with Crippen molar-refractivity contribution in [1.82, 2.24) is 0 Å². The topological polar surface area (TPSA) is 61.8 Å². The molecular formula is C12H18O5. The maximum atomic E-state index is 12.0. The monoisotopic (exact) mass is 242 g/mol. The van der Waals surface area contributed by atoms with Crippen molar-refractivity contribution >= 4 is 11.9 Å². The first-order chi connectivity index (χ1) is 8.16. The molecule has 5 heteroatoms. The van der Waals surface area contributed by atoms with Crippen LogP contribution in [0.3, 0.4) is 0 Å². The molecule has 0 aromatic heterocycles. The van der Waals surface area contributed by atoms with E-state index in [4.69, 9.17) is 14.2 Å². The molecule has 1 saturated carbocycles. The van der Waals surface area contributed by atoms with Gasteiger partial charge < -0.3 is 14.2 Å². The molecule has 1 heterocycles. The smallest absolute Gasteiger partial charge is 0.326 e. The Morgan fingerprint density at radius 1 is 1.24 bits per heavy atom. The maximum absolute atomic E-state index is 12.0. The average molecular weight is 242 g/mol. The quantitative estimate of drug-likeness (QED) is 0.541. The molecular weight excluding hydrogens is 224 g/mol. The van der Waals surface area contributed by atoms with E-state index >= 15 is 0 Å². The Bertz CT molecular complexity index is 307. The van der Waals surface area contributed by atoms with Crippen molar-refractivity contribution in [2.45, 2.75) is 32.8 Å². The van der Waals surface area contributed by atoms with Crippen LogP contribution in [0.1, 0.15) is 26.7 Å². The molecule has 0 amide bonds. The number of hydrogen-bond donors (Lipinski definition) is 0. The summed E-state index contributed by atoms with van der Waals surface area (Å²) >= 11 is 0. The van der Waals surface area contributed by atoms with Gasteiger partial charge in [0.2, 0.25) is 0 Å². The van der Waals surface area contributed by atoms with E-state index < -0.39 is 17.4 Å². The Kier molecular flexibility index (Phi) is 3.38. The molecule has 0 bridgehead atoms. The third-order valence-corrected chi connectivity index (χ3v) is 3.56. The molecule has 17 heavy (non-hydrogen) atoms. The van der Waals surface area contributed by atoms with E-state index in [1.54, 1.807) is 13.8 Å². The third kappa shape index (κ3) is 1.73. The lowest BCUT2D eigenvalue weighted by Gasteiger charge is -2.46. The fourth-order valence-electron chi connectivity index (χ4n) is 2.76. The van der Waals surface area contributed by atoms with Gasteiger partial charge in [-0.3, -0.25) is 9.59 Å². The number of fused-ring (bicyclic) bond motifs is 1. The van der Waals surface area contributed by atoms with Gasteiger partial charge in [-0.1, -0.05) is 0 Å². The fraction of sp³-hybridized carbons (Fsp3) is 0.833. The predicted octanol–water partition coefficient (Wildman–Crippen LogP) is 0.908. The Morgan fingerprint density at radius 3 is 2.29 bits per heavy atom. The molecule has 0 aromatic rings. The molecule has 5 nitrogen and oxygen atoms in total. The lowest BCUT2D eigenvalue weighted by atomic mass is 9.59. The molecule has 1 aliphatic heterocycles. The molecule has 1 aliphatic carbocycles. The van der Waals surface area contributed by atoms with E-state index in [9.17, 15) is 9.59 Å². The molecule has 0 spiro atoms. The molecule has 2 aliphatic rings. The molecule has 0 radical (unpaired) electrons. The van der Waals surface area contributed by atoms with Crippen LogP contribution >= 0.6 is 0 Å². The molecule has 2 fully saturated rings. The molecule has 2 rings (SSSR count). The van der Waals surface area contributed by atoms with Crippen molar-refractivity contribution in [2.75, 3.05) is 19.8 Å². The summed E-state index contributed by atoms with van der Waals surface area (Å²) < 4.78 is 15.5. The number of ether oxygens (including phenoxy) is 3. The minimum atomic E-state index is -1.20. The summed E-state index contributed by atoms with van der Waals surface area (Å²) in [6.07, 6.45) is 1.06. The Morgan fingerprint density at radius 2 is 1.82 bits per heavy atom. The van der Waals surface area contributed by atoms with Gasteiger partial charge in [-0.25, -0.2) is 0 Å². The Balaban J connectivity index is 2.18. The first-order valence-corrected chi connectivity index (χ1v) is 6.12. The average Bonchev–Trinajstić information content (AvgIpc) is 2.63. The summed E-state index contributed by atoms with van der Waals surface area (Å²) in [5, 5.41) is 0. The van der Waals surface area contributed by atoms with E-state index in [-0.39, 0.29) is 19.3 Å². The minimum Gasteiger partial charge on any atom is -0.465 e. The second-order valence-corrected chi connectivity index (χ2v) is 4.46. The lowest BCUT2D eigenvalue weighted by Crippen LogP contribution is -2.61. The van der Waals surface area contributed by atoms with Gasteiger partial charge in [-0.2, -0.15) is 0 Å². The minimum absolute atomic E-state index is 0.261. The number of rotatable bonds is 4. The highest BCUT2D eigenvalue weighted by atomic mass is 16.6. The van der Waals surface area contributed by atoms with Crippen LogP contribution in [-0.4, -0.2) is 37.9 Å². The van der Waals surface area contributed by atoms with Crippen LogP contribution in [0.4, 0.5) is 0 Å². The molecule has 2 atom stereocenters. The van der Waals surface area contributed by atoms with Gasteiger partial charge in [0.15, 0.2) is 5.41 Å². The summed E-state index contributed by atoms with van der Waals surface area (Å²) in [5.41, 5.74) is -1.20. The largest absolute Gasteiger partial charge is 0.465 e. The number of carbonyl (C=O) groups excluding carboxylic acids is 2. The highest BCUT2D eigenvalue weighted by Gasteiger charge is 2.68. The number of hydrogen-bond acceptors (Lipinski definition) is 5. The van der Waals surface area contributed by atoms with Crippen molar-refractivity contribution in [1.29, 1.82) is 0 Å². The second kappa shape index (κ2) is 4.64. The summed E-state index contributed by atoms with van der Waals surface area (Å²) in [5.74, 6) is -0.702. The van der Waals surface area contributed by atoms with Gasteiger partial charge in [-0.05, 0) is 32.6 Å². The Hall–Kier alpha value is -1.10. The van der Waals surface area contributed by atoms with Crippen LogP contribution in [0.5, 0.6) is 0 Å². The van der Waals surface area contributed by atoms with Gasteiger partial charge in [0.25, 0.3) is 0 Å². The van der Waals surface area contributed by atoms with Crippen LogP contribution in [0.15, 0.2) is 0 Å². The number of esters is 2. The van der Waals surface area contributed by atoms with Gasteiger partial charge in [-0.15, -0.1) is 0 Å². The van der Waals surface area contributed by atoms with Crippen molar-refractivity contribution in [3.63, 3.8) is 0 Å². The van der Waals surface area contributed by atoms with E-state index in [0.717, 1.165) is 6.42 Å². The van der Waals surface area contributed by atoms with Gasteiger partial charge in [0, 0.05) is 6.61 Å². The molecule has 0 aromatic carbocycles. The predicted molar refractivity (Wildman–Crippen MR) is 58.2 cm³/mol. The first kappa shape index (κ1) is 12.4.